The first-order chi connectivity index (χ1) is 13.7. The minimum absolute atomic E-state index is 0.0114. The Kier molecular flexibility index (Phi) is 6.11. The van der Waals surface area contributed by atoms with Gasteiger partial charge >= 0.3 is 0 Å². The van der Waals surface area contributed by atoms with Crippen LogP contribution in [0.4, 0.5) is 0 Å². The number of hydrogen-bond donors (Lipinski definition) is 1. The highest BCUT2D eigenvalue weighted by Crippen LogP contribution is 2.25. The molecule has 4 heteroatoms. The van der Waals surface area contributed by atoms with Crippen molar-refractivity contribution in [2.24, 2.45) is 11.3 Å². The Morgan fingerprint density at radius 3 is 1.93 bits per heavy atom. The maximum atomic E-state index is 13.1. The molecule has 1 heterocycles. The standard InChI is InChI=1S/C25H32N2O2/c1-17(2)14-15-22(25(3,4)5)26-23(28)16-27-20-12-8-6-10-18(20)24(29)19-11-7-9-13-21(19)27/h6-13,17,22H,14-16H2,1-5H3,(H,26,28). The van der Waals surface area contributed by atoms with Crippen LogP contribution >= 0.6 is 0 Å². The maximum absolute atomic E-state index is 13.1. The van der Waals surface area contributed by atoms with Gasteiger partial charge in [-0.25, -0.2) is 0 Å². The van der Waals surface area contributed by atoms with E-state index in [0.29, 0.717) is 16.7 Å². The molecule has 0 aliphatic rings. The lowest BCUT2D eigenvalue weighted by Gasteiger charge is -2.32. The number of nitrogens with one attached hydrogen (secondary N) is 1. The third-order valence-electron chi connectivity index (χ3n) is 5.59. The molecule has 1 atom stereocenters. The first-order valence-electron chi connectivity index (χ1n) is 10.5. The van der Waals surface area contributed by atoms with Crippen molar-refractivity contribution < 1.29 is 4.79 Å². The van der Waals surface area contributed by atoms with Gasteiger partial charge in [0, 0.05) is 16.8 Å². The minimum Gasteiger partial charge on any atom is -0.351 e. The third-order valence-corrected chi connectivity index (χ3v) is 5.59. The predicted molar refractivity (Wildman–Crippen MR) is 121 cm³/mol. The van der Waals surface area contributed by atoms with Crippen LogP contribution < -0.4 is 10.7 Å². The Hall–Kier alpha value is -2.62. The molecule has 1 aromatic heterocycles. The Balaban J connectivity index is 1.97. The van der Waals surface area contributed by atoms with E-state index in [-0.39, 0.29) is 29.3 Å². The average molecular weight is 393 g/mol. The molecule has 0 radical (unpaired) electrons. The molecule has 3 rings (SSSR count). The highest BCUT2D eigenvalue weighted by Gasteiger charge is 2.26. The summed E-state index contributed by atoms with van der Waals surface area (Å²) < 4.78 is 1.96. The van der Waals surface area contributed by atoms with E-state index >= 15 is 0 Å². The van der Waals surface area contributed by atoms with Crippen molar-refractivity contribution in [2.75, 3.05) is 0 Å². The van der Waals surface area contributed by atoms with E-state index in [0.717, 1.165) is 23.9 Å². The zero-order chi connectivity index (χ0) is 21.2. The molecule has 1 N–H and O–H groups in total. The van der Waals surface area contributed by atoms with Crippen LogP contribution in [0.1, 0.15) is 47.5 Å². The second-order valence-corrected chi connectivity index (χ2v) is 9.41. The normalized spacial score (nSPS) is 13.2. The van der Waals surface area contributed by atoms with E-state index in [2.05, 4.69) is 39.9 Å². The van der Waals surface area contributed by atoms with Gasteiger partial charge in [-0.1, -0.05) is 58.9 Å². The fourth-order valence-corrected chi connectivity index (χ4v) is 3.85. The molecular formula is C25H32N2O2. The van der Waals surface area contributed by atoms with Crippen molar-refractivity contribution in [3.63, 3.8) is 0 Å². The molecule has 2 aromatic carbocycles. The summed E-state index contributed by atoms with van der Waals surface area (Å²) in [6, 6.07) is 15.1. The van der Waals surface area contributed by atoms with E-state index < -0.39 is 0 Å². The van der Waals surface area contributed by atoms with Gasteiger partial charge in [0.2, 0.25) is 5.91 Å². The molecule has 0 bridgehead atoms. The zero-order valence-electron chi connectivity index (χ0n) is 18.2. The molecule has 29 heavy (non-hydrogen) atoms. The van der Waals surface area contributed by atoms with E-state index in [1.807, 2.05) is 53.1 Å². The van der Waals surface area contributed by atoms with Crippen LogP contribution in [0.5, 0.6) is 0 Å². The summed E-state index contributed by atoms with van der Waals surface area (Å²) in [7, 11) is 0. The number of carbonyl (C=O) groups is 1. The quantitative estimate of drug-likeness (QED) is 0.592. The van der Waals surface area contributed by atoms with Gasteiger partial charge < -0.3 is 9.88 Å². The van der Waals surface area contributed by atoms with Gasteiger partial charge in [0.25, 0.3) is 0 Å². The summed E-state index contributed by atoms with van der Waals surface area (Å²) in [5.74, 6) is 0.580. The van der Waals surface area contributed by atoms with Crippen LogP contribution in [0.3, 0.4) is 0 Å². The summed E-state index contributed by atoms with van der Waals surface area (Å²) in [5, 5.41) is 4.56. The number of carbonyl (C=O) groups excluding carboxylic acids is 1. The number of benzene rings is 2. The summed E-state index contributed by atoms with van der Waals surface area (Å²) in [4.78, 5) is 25.9. The van der Waals surface area contributed by atoms with Crippen LogP contribution in [0.15, 0.2) is 53.3 Å². The van der Waals surface area contributed by atoms with E-state index in [9.17, 15) is 9.59 Å². The number of para-hydroxylation sites is 2. The van der Waals surface area contributed by atoms with E-state index in [4.69, 9.17) is 0 Å². The molecule has 4 nitrogen and oxygen atoms in total. The fraction of sp³-hybridized carbons (Fsp3) is 0.440. The van der Waals surface area contributed by atoms with Gasteiger partial charge in [0.15, 0.2) is 5.43 Å². The fourth-order valence-electron chi connectivity index (χ4n) is 3.85. The lowest BCUT2D eigenvalue weighted by atomic mass is 9.83. The Morgan fingerprint density at radius 1 is 0.931 bits per heavy atom. The molecule has 154 valence electrons. The highest BCUT2D eigenvalue weighted by atomic mass is 16.2. The van der Waals surface area contributed by atoms with Crippen molar-refractivity contribution in [3.8, 4) is 0 Å². The average Bonchev–Trinajstić information content (AvgIpc) is 2.67. The smallest absolute Gasteiger partial charge is 0.240 e. The van der Waals surface area contributed by atoms with Gasteiger partial charge in [0.05, 0.1) is 11.0 Å². The number of hydrogen-bond acceptors (Lipinski definition) is 2. The molecule has 0 aliphatic heterocycles. The molecule has 3 aromatic rings. The summed E-state index contributed by atoms with van der Waals surface area (Å²) in [5.41, 5.74) is 1.58. The molecule has 0 saturated carbocycles. The second kappa shape index (κ2) is 8.40. The maximum Gasteiger partial charge on any atom is 0.240 e. The largest absolute Gasteiger partial charge is 0.351 e. The Morgan fingerprint density at radius 2 is 1.45 bits per heavy atom. The summed E-state index contributed by atoms with van der Waals surface area (Å²) >= 11 is 0. The topological polar surface area (TPSA) is 51.1 Å². The van der Waals surface area contributed by atoms with Gasteiger partial charge in [-0.2, -0.15) is 0 Å². The Bertz CT molecular complexity index is 1010. The second-order valence-electron chi connectivity index (χ2n) is 9.41. The number of amides is 1. The number of fused-ring (bicyclic) bond motifs is 2. The van der Waals surface area contributed by atoms with Crippen LogP contribution in [0, 0.1) is 11.3 Å². The van der Waals surface area contributed by atoms with Gasteiger partial charge in [-0.15, -0.1) is 0 Å². The first kappa shape index (κ1) is 21.1. The molecule has 1 unspecified atom stereocenters. The summed E-state index contributed by atoms with van der Waals surface area (Å²) in [6.45, 7) is 11.1. The van der Waals surface area contributed by atoms with Crippen LogP contribution in [-0.4, -0.2) is 16.5 Å². The minimum atomic E-state index is -0.0207. The SMILES string of the molecule is CC(C)CCC(NC(=O)Cn1c2ccccc2c(=O)c2ccccc21)C(C)(C)C. The lowest BCUT2D eigenvalue weighted by Crippen LogP contribution is -2.45. The van der Waals surface area contributed by atoms with Crippen molar-refractivity contribution in [1.82, 2.24) is 9.88 Å². The lowest BCUT2D eigenvalue weighted by molar-refractivity contribution is -0.123. The van der Waals surface area contributed by atoms with Crippen molar-refractivity contribution in [2.45, 2.75) is 60.0 Å². The molecule has 0 saturated heterocycles. The number of pyridine rings is 1. The first-order valence-corrected chi connectivity index (χ1v) is 10.5. The van der Waals surface area contributed by atoms with Crippen LogP contribution in [0.2, 0.25) is 0 Å². The Labute approximate surface area is 172 Å². The van der Waals surface area contributed by atoms with Crippen molar-refractivity contribution in [3.05, 3.63) is 58.8 Å². The molecule has 0 fully saturated rings. The van der Waals surface area contributed by atoms with E-state index in [1.54, 1.807) is 0 Å². The highest BCUT2D eigenvalue weighted by molar-refractivity contribution is 5.94. The number of nitrogens with zero attached hydrogens (tertiary/aromatic N) is 1. The van der Waals surface area contributed by atoms with Crippen LogP contribution in [0.25, 0.3) is 21.8 Å². The van der Waals surface area contributed by atoms with Gasteiger partial charge in [-0.3, -0.25) is 9.59 Å². The molecular weight excluding hydrogens is 360 g/mol. The molecule has 0 aliphatic carbocycles. The third kappa shape index (κ3) is 4.69. The summed E-state index contributed by atoms with van der Waals surface area (Å²) in [6.07, 6.45) is 2.03. The number of aromatic nitrogens is 1. The molecule has 0 spiro atoms. The van der Waals surface area contributed by atoms with Crippen molar-refractivity contribution >= 4 is 27.7 Å². The predicted octanol–water partition coefficient (Wildman–Crippen LogP) is 5.12. The van der Waals surface area contributed by atoms with Crippen molar-refractivity contribution in [1.29, 1.82) is 0 Å². The molecule has 1 amide bonds. The van der Waals surface area contributed by atoms with Crippen LogP contribution in [-0.2, 0) is 11.3 Å². The van der Waals surface area contributed by atoms with Gasteiger partial charge in [-0.05, 0) is 48.4 Å². The monoisotopic (exact) mass is 392 g/mol. The van der Waals surface area contributed by atoms with E-state index in [1.165, 1.54) is 0 Å². The zero-order valence-corrected chi connectivity index (χ0v) is 18.2. The number of rotatable bonds is 6. The van der Waals surface area contributed by atoms with Gasteiger partial charge in [0.1, 0.15) is 6.54 Å².